The highest BCUT2D eigenvalue weighted by molar-refractivity contribution is 5.68. The quantitative estimate of drug-likeness (QED) is 0.754. The standard InChI is InChI=1S/C22H28F3N3O2/c1-21(2,3)26-20(29)30-19-9-11-27(12-10-19)14-16-8-13-28(15-16)18-6-4-17(5-7-18)22(23,24)25/h4-8,13,15,19H,9-12,14H2,1-3H3,(H,26,29). The zero-order valence-corrected chi connectivity index (χ0v) is 17.5. The summed E-state index contributed by atoms with van der Waals surface area (Å²) in [5.74, 6) is 0. The van der Waals surface area contributed by atoms with E-state index in [1.54, 1.807) is 0 Å². The number of piperidine rings is 1. The van der Waals surface area contributed by atoms with Crippen LogP contribution in [-0.2, 0) is 17.5 Å². The molecule has 30 heavy (non-hydrogen) atoms. The molecular formula is C22H28F3N3O2. The molecule has 1 saturated heterocycles. The number of ether oxygens (including phenoxy) is 1. The van der Waals surface area contributed by atoms with Crippen molar-refractivity contribution >= 4 is 6.09 Å². The number of hydrogen-bond donors (Lipinski definition) is 1. The van der Waals surface area contributed by atoms with E-state index in [2.05, 4.69) is 10.2 Å². The topological polar surface area (TPSA) is 46.5 Å². The van der Waals surface area contributed by atoms with Crippen LogP contribution in [0.25, 0.3) is 5.69 Å². The molecule has 0 aliphatic carbocycles. The molecule has 164 valence electrons. The van der Waals surface area contributed by atoms with Gasteiger partial charge < -0.3 is 14.6 Å². The minimum atomic E-state index is -4.33. The summed E-state index contributed by atoms with van der Waals surface area (Å²) in [5, 5.41) is 2.81. The van der Waals surface area contributed by atoms with E-state index in [0.717, 1.165) is 50.2 Å². The maximum Gasteiger partial charge on any atom is 0.416 e. The molecule has 0 spiro atoms. The number of alkyl carbamates (subject to hydrolysis) is 1. The Morgan fingerprint density at radius 2 is 1.73 bits per heavy atom. The van der Waals surface area contributed by atoms with E-state index in [-0.39, 0.29) is 17.7 Å². The van der Waals surface area contributed by atoms with Gasteiger partial charge in [-0.05, 0) is 69.5 Å². The van der Waals surface area contributed by atoms with Gasteiger partial charge in [0.2, 0.25) is 0 Å². The first-order chi connectivity index (χ1) is 14.0. The van der Waals surface area contributed by atoms with E-state index in [1.807, 2.05) is 43.8 Å². The maximum atomic E-state index is 12.7. The fourth-order valence-corrected chi connectivity index (χ4v) is 3.45. The number of aromatic nitrogens is 1. The molecule has 8 heteroatoms. The highest BCUT2D eigenvalue weighted by atomic mass is 19.4. The van der Waals surface area contributed by atoms with Crippen LogP contribution in [0.2, 0.25) is 0 Å². The number of nitrogens with one attached hydrogen (secondary N) is 1. The van der Waals surface area contributed by atoms with E-state index >= 15 is 0 Å². The molecule has 0 unspecified atom stereocenters. The van der Waals surface area contributed by atoms with Crippen molar-refractivity contribution in [2.45, 2.75) is 58.0 Å². The third kappa shape index (κ3) is 6.26. The van der Waals surface area contributed by atoms with Crippen LogP contribution in [0.3, 0.4) is 0 Å². The second-order valence-electron chi connectivity index (χ2n) is 8.73. The van der Waals surface area contributed by atoms with Gasteiger partial charge in [-0.2, -0.15) is 13.2 Å². The van der Waals surface area contributed by atoms with E-state index in [0.29, 0.717) is 5.69 Å². The predicted octanol–water partition coefficient (Wildman–Crippen LogP) is 4.99. The second kappa shape index (κ2) is 8.71. The summed E-state index contributed by atoms with van der Waals surface area (Å²) in [4.78, 5) is 14.2. The number of carbonyl (C=O) groups excluding carboxylic acids is 1. The number of benzene rings is 1. The van der Waals surface area contributed by atoms with Crippen LogP contribution in [0.5, 0.6) is 0 Å². The number of amides is 1. The number of alkyl halides is 3. The number of carbonyl (C=O) groups is 1. The monoisotopic (exact) mass is 423 g/mol. The average molecular weight is 423 g/mol. The highest BCUT2D eigenvalue weighted by Crippen LogP contribution is 2.29. The molecule has 1 amide bonds. The van der Waals surface area contributed by atoms with Crippen molar-refractivity contribution in [1.29, 1.82) is 0 Å². The molecule has 1 N–H and O–H groups in total. The van der Waals surface area contributed by atoms with Crippen LogP contribution in [0.15, 0.2) is 42.7 Å². The molecule has 0 radical (unpaired) electrons. The average Bonchev–Trinajstić information content (AvgIpc) is 3.10. The zero-order chi connectivity index (χ0) is 21.9. The van der Waals surface area contributed by atoms with Gasteiger partial charge in [-0.1, -0.05) is 0 Å². The largest absolute Gasteiger partial charge is 0.446 e. The molecule has 1 aromatic carbocycles. The van der Waals surface area contributed by atoms with E-state index in [1.165, 1.54) is 12.1 Å². The lowest BCUT2D eigenvalue weighted by atomic mass is 10.1. The summed E-state index contributed by atoms with van der Waals surface area (Å²) >= 11 is 0. The van der Waals surface area contributed by atoms with Gasteiger partial charge in [-0.15, -0.1) is 0 Å². The fourth-order valence-electron chi connectivity index (χ4n) is 3.45. The number of rotatable bonds is 4. The minimum Gasteiger partial charge on any atom is -0.446 e. The smallest absolute Gasteiger partial charge is 0.416 e. The predicted molar refractivity (Wildman–Crippen MR) is 108 cm³/mol. The molecule has 1 aliphatic heterocycles. The summed E-state index contributed by atoms with van der Waals surface area (Å²) in [6.07, 6.45) is 0.541. The SMILES string of the molecule is CC(C)(C)NC(=O)OC1CCN(Cc2ccn(-c3ccc(C(F)(F)F)cc3)c2)CC1. The van der Waals surface area contributed by atoms with E-state index in [4.69, 9.17) is 4.74 Å². The van der Waals surface area contributed by atoms with Gasteiger partial charge in [0.1, 0.15) is 6.10 Å². The van der Waals surface area contributed by atoms with Crippen LogP contribution in [0.1, 0.15) is 44.7 Å². The zero-order valence-electron chi connectivity index (χ0n) is 17.5. The van der Waals surface area contributed by atoms with Gasteiger partial charge in [0.05, 0.1) is 5.56 Å². The normalized spacial score (nSPS) is 16.5. The first-order valence-electron chi connectivity index (χ1n) is 10.1. The summed E-state index contributed by atoms with van der Waals surface area (Å²) in [5.41, 5.74) is 0.795. The molecule has 0 bridgehead atoms. The van der Waals surface area contributed by atoms with Gasteiger partial charge in [-0.3, -0.25) is 4.90 Å². The molecule has 3 rings (SSSR count). The van der Waals surface area contributed by atoms with Crippen molar-refractivity contribution in [1.82, 2.24) is 14.8 Å². The Hall–Kier alpha value is -2.48. The van der Waals surface area contributed by atoms with Crippen molar-refractivity contribution in [2.24, 2.45) is 0 Å². The van der Waals surface area contributed by atoms with Crippen LogP contribution in [0, 0.1) is 0 Å². The lowest BCUT2D eigenvalue weighted by Crippen LogP contribution is -2.44. The molecule has 1 aromatic heterocycles. The Kier molecular flexibility index (Phi) is 6.45. The van der Waals surface area contributed by atoms with Crippen molar-refractivity contribution in [3.05, 3.63) is 53.9 Å². The van der Waals surface area contributed by atoms with Crippen molar-refractivity contribution < 1.29 is 22.7 Å². The third-order valence-corrected chi connectivity index (χ3v) is 4.94. The van der Waals surface area contributed by atoms with Crippen LogP contribution in [-0.4, -0.2) is 40.3 Å². The van der Waals surface area contributed by atoms with Gasteiger partial charge in [0, 0.05) is 43.3 Å². The molecule has 0 saturated carbocycles. The molecular weight excluding hydrogens is 395 g/mol. The van der Waals surface area contributed by atoms with Crippen molar-refractivity contribution in [2.75, 3.05) is 13.1 Å². The Bertz CT molecular complexity index is 846. The minimum absolute atomic E-state index is 0.0830. The lowest BCUT2D eigenvalue weighted by molar-refractivity contribution is -0.137. The molecule has 1 aliphatic rings. The molecule has 2 heterocycles. The Morgan fingerprint density at radius 1 is 1.10 bits per heavy atom. The highest BCUT2D eigenvalue weighted by Gasteiger charge is 2.30. The third-order valence-electron chi connectivity index (χ3n) is 4.94. The van der Waals surface area contributed by atoms with Crippen LogP contribution in [0.4, 0.5) is 18.0 Å². The van der Waals surface area contributed by atoms with Gasteiger partial charge >= 0.3 is 12.3 Å². The maximum absolute atomic E-state index is 12.7. The van der Waals surface area contributed by atoms with Crippen LogP contribution >= 0.6 is 0 Å². The first kappa shape index (κ1) is 22.2. The fraction of sp³-hybridized carbons (Fsp3) is 0.500. The van der Waals surface area contributed by atoms with E-state index in [9.17, 15) is 18.0 Å². The van der Waals surface area contributed by atoms with Gasteiger partial charge in [0.25, 0.3) is 0 Å². The number of halogens is 3. The van der Waals surface area contributed by atoms with Crippen molar-refractivity contribution in [3.8, 4) is 5.69 Å². The summed E-state index contributed by atoms with van der Waals surface area (Å²) < 4.78 is 45.5. The Balaban J connectivity index is 1.50. The van der Waals surface area contributed by atoms with Crippen LogP contribution < -0.4 is 5.32 Å². The van der Waals surface area contributed by atoms with Crippen molar-refractivity contribution in [3.63, 3.8) is 0 Å². The summed E-state index contributed by atoms with van der Waals surface area (Å²) in [7, 11) is 0. The first-order valence-corrected chi connectivity index (χ1v) is 10.1. The molecule has 0 atom stereocenters. The number of hydrogen-bond acceptors (Lipinski definition) is 3. The van der Waals surface area contributed by atoms with Gasteiger partial charge in [0.15, 0.2) is 0 Å². The molecule has 1 fully saturated rings. The Morgan fingerprint density at radius 3 is 2.30 bits per heavy atom. The second-order valence-corrected chi connectivity index (χ2v) is 8.73. The summed E-state index contributed by atoms with van der Waals surface area (Å²) in [6.45, 7) is 8.11. The van der Waals surface area contributed by atoms with Gasteiger partial charge in [-0.25, -0.2) is 4.79 Å². The molecule has 2 aromatic rings. The lowest BCUT2D eigenvalue weighted by Gasteiger charge is -2.32. The number of nitrogens with zero attached hydrogens (tertiary/aromatic N) is 2. The number of likely N-dealkylation sites (tertiary alicyclic amines) is 1. The van der Waals surface area contributed by atoms with E-state index < -0.39 is 11.7 Å². The molecule has 5 nitrogen and oxygen atoms in total. The Labute approximate surface area is 174 Å². The summed E-state index contributed by atoms with van der Waals surface area (Å²) in [6, 6.07) is 7.10.